The van der Waals surface area contributed by atoms with Crippen LogP contribution in [0.3, 0.4) is 0 Å². The summed E-state index contributed by atoms with van der Waals surface area (Å²) < 4.78 is 5.40. The second-order valence-electron chi connectivity index (χ2n) is 3.82. The first kappa shape index (κ1) is 14.1. The van der Waals surface area contributed by atoms with Crippen LogP contribution in [-0.2, 0) is 0 Å². The molecule has 0 atom stereocenters. The molecule has 2 aromatic rings. The van der Waals surface area contributed by atoms with E-state index < -0.39 is 5.91 Å². The lowest BCUT2D eigenvalue weighted by Crippen LogP contribution is -2.16. The molecule has 0 unspecified atom stereocenters. The zero-order chi connectivity index (χ0) is 14.5. The number of benzene rings is 1. The number of nitrogens with one attached hydrogen (secondary N) is 1. The maximum absolute atomic E-state index is 12.3. The third kappa shape index (κ3) is 3.16. The number of amides is 1. The Labute approximate surface area is 120 Å². The van der Waals surface area contributed by atoms with E-state index in [-0.39, 0.29) is 10.8 Å². The summed E-state index contributed by atoms with van der Waals surface area (Å²) in [5.41, 5.74) is 6.43. The van der Waals surface area contributed by atoms with Crippen LogP contribution in [-0.4, -0.2) is 22.5 Å². The molecule has 1 aromatic heterocycles. The van der Waals surface area contributed by atoms with E-state index in [1.165, 1.54) is 12.3 Å². The van der Waals surface area contributed by atoms with Gasteiger partial charge >= 0.3 is 0 Å². The molecule has 1 heterocycles. The minimum absolute atomic E-state index is 0.0499. The van der Waals surface area contributed by atoms with E-state index >= 15 is 0 Å². The van der Waals surface area contributed by atoms with Crippen LogP contribution in [0.4, 0.5) is 11.5 Å². The second kappa shape index (κ2) is 6.21. The minimum Gasteiger partial charge on any atom is -0.493 e. The lowest BCUT2D eigenvalue weighted by Gasteiger charge is -2.12. The van der Waals surface area contributed by atoms with Gasteiger partial charge in [-0.25, -0.2) is 9.97 Å². The highest BCUT2D eigenvalue weighted by Crippen LogP contribution is 2.25. The van der Waals surface area contributed by atoms with Gasteiger partial charge in [0.1, 0.15) is 17.1 Å². The molecule has 0 saturated heterocycles. The van der Waals surface area contributed by atoms with Gasteiger partial charge in [-0.15, -0.1) is 0 Å². The molecule has 0 fully saturated rings. The van der Waals surface area contributed by atoms with Crippen molar-refractivity contribution in [3.63, 3.8) is 0 Å². The van der Waals surface area contributed by atoms with Crippen LogP contribution in [0.15, 0.2) is 30.5 Å². The second-order valence-corrected chi connectivity index (χ2v) is 4.16. The van der Waals surface area contributed by atoms with Crippen LogP contribution in [0.25, 0.3) is 0 Å². The maximum atomic E-state index is 12.3. The van der Waals surface area contributed by atoms with Gasteiger partial charge in [0.05, 0.1) is 6.61 Å². The Hall–Kier alpha value is -2.34. The highest BCUT2D eigenvalue weighted by Gasteiger charge is 2.16. The first-order valence-corrected chi connectivity index (χ1v) is 6.30. The highest BCUT2D eigenvalue weighted by molar-refractivity contribution is 6.28. The summed E-state index contributed by atoms with van der Waals surface area (Å²) in [5, 5.41) is 2.65. The molecule has 0 radical (unpaired) electrons. The van der Waals surface area contributed by atoms with Gasteiger partial charge in [-0.3, -0.25) is 4.79 Å². The van der Waals surface area contributed by atoms with Gasteiger partial charge in [-0.05, 0) is 36.7 Å². The first-order valence-electron chi connectivity index (χ1n) is 5.93. The molecule has 20 heavy (non-hydrogen) atoms. The number of rotatable bonds is 4. The Morgan fingerprint density at radius 2 is 2.25 bits per heavy atom. The van der Waals surface area contributed by atoms with Gasteiger partial charge in [-0.2, -0.15) is 0 Å². The number of nitrogens with two attached hydrogens (primary N) is 1. The van der Waals surface area contributed by atoms with E-state index in [0.717, 1.165) is 0 Å². The van der Waals surface area contributed by atoms with Crippen LogP contribution < -0.4 is 15.8 Å². The summed E-state index contributed by atoms with van der Waals surface area (Å²) in [6, 6.07) is 6.56. The molecule has 3 N–H and O–H groups in total. The number of hydrogen-bond donors (Lipinski definition) is 2. The molecular weight excluding hydrogens is 280 g/mol. The number of aromatic nitrogens is 2. The van der Waals surface area contributed by atoms with Crippen molar-refractivity contribution in [1.29, 1.82) is 0 Å². The van der Waals surface area contributed by atoms with E-state index in [1.54, 1.807) is 18.2 Å². The zero-order valence-corrected chi connectivity index (χ0v) is 11.5. The quantitative estimate of drug-likeness (QED) is 0.667. The molecule has 7 heteroatoms. The van der Waals surface area contributed by atoms with E-state index in [2.05, 4.69) is 15.3 Å². The molecule has 1 amide bonds. The molecule has 104 valence electrons. The number of nitrogen functional groups attached to an aromatic ring is 1. The van der Waals surface area contributed by atoms with Crippen molar-refractivity contribution >= 4 is 29.0 Å². The van der Waals surface area contributed by atoms with Crippen molar-refractivity contribution in [2.45, 2.75) is 6.92 Å². The van der Waals surface area contributed by atoms with E-state index in [9.17, 15) is 4.79 Å². The predicted octanol–water partition coefficient (Wildman–Crippen LogP) is 2.36. The average Bonchev–Trinajstić information content (AvgIpc) is 2.39. The van der Waals surface area contributed by atoms with Gasteiger partial charge in [0.2, 0.25) is 5.28 Å². The molecule has 6 nitrogen and oxygen atoms in total. The standard InChI is InChI=1S/C13H13ClN4O2/c1-2-20-9-5-3-4-8(15)11(9)12(19)17-10-6-7-16-13(14)18-10/h3-7H,2,15H2,1H3,(H,16,17,18,19). The third-order valence-electron chi connectivity index (χ3n) is 2.45. The van der Waals surface area contributed by atoms with Gasteiger partial charge in [0.15, 0.2) is 0 Å². The average molecular weight is 293 g/mol. The van der Waals surface area contributed by atoms with Crippen LogP contribution in [0.1, 0.15) is 17.3 Å². The lowest BCUT2D eigenvalue weighted by molar-refractivity contribution is 0.102. The van der Waals surface area contributed by atoms with Gasteiger partial charge in [0.25, 0.3) is 5.91 Å². The van der Waals surface area contributed by atoms with E-state index in [4.69, 9.17) is 22.1 Å². The van der Waals surface area contributed by atoms with Crippen molar-refractivity contribution in [3.05, 3.63) is 41.3 Å². The van der Waals surface area contributed by atoms with Gasteiger partial charge < -0.3 is 15.8 Å². The van der Waals surface area contributed by atoms with Crippen molar-refractivity contribution in [2.24, 2.45) is 0 Å². The number of carbonyl (C=O) groups excluding carboxylic acids is 1. The molecule has 0 aliphatic heterocycles. The van der Waals surface area contributed by atoms with Crippen molar-refractivity contribution in [1.82, 2.24) is 9.97 Å². The van der Waals surface area contributed by atoms with E-state index in [1.807, 2.05) is 6.92 Å². The number of anilines is 2. The first-order chi connectivity index (χ1) is 9.61. The summed E-state index contributed by atoms with van der Waals surface area (Å²) in [5.74, 6) is 0.298. The fraction of sp³-hybridized carbons (Fsp3) is 0.154. The number of nitrogens with zero attached hydrogens (tertiary/aromatic N) is 2. The maximum Gasteiger partial charge on any atom is 0.262 e. The molecule has 0 bridgehead atoms. The number of carbonyl (C=O) groups is 1. The van der Waals surface area contributed by atoms with Crippen LogP contribution in [0.2, 0.25) is 5.28 Å². The largest absolute Gasteiger partial charge is 0.493 e. The predicted molar refractivity (Wildman–Crippen MR) is 77.0 cm³/mol. The van der Waals surface area contributed by atoms with Crippen LogP contribution in [0.5, 0.6) is 5.75 Å². The number of ether oxygens (including phenoxy) is 1. The summed E-state index contributed by atoms with van der Waals surface area (Å²) >= 11 is 5.66. The Bertz CT molecular complexity index is 634. The number of hydrogen-bond acceptors (Lipinski definition) is 5. The molecule has 2 rings (SSSR count). The van der Waals surface area contributed by atoms with Gasteiger partial charge in [0, 0.05) is 11.9 Å². The molecule has 1 aromatic carbocycles. The third-order valence-corrected chi connectivity index (χ3v) is 2.64. The fourth-order valence-electron chi connectivity index (χ4n) is 1.65. The molecular formula is C13H13ClN4O2. The molecule has 0 aliphatic rings. The van der Waals surface area contributed by atoms with Crippen LogP contribution >= 0.6 is 11.6 Å². The van der Waals surface area contributed by atoms with E-state index in [0.29, 0.717) is 23.9 Å². The fourth-order valence-corrected chi connectivity index (χ4v) is 1.80. The van der Waals surface area contributed by atoms with Gasteiger partial charge in [-0.1, -0.05) is 6.07 Å². The summed E-state index contributed by atoms with van der Waals surface area (Å²) in [4.78, 5) is 19.9. The lowest BCUT2D eigenvalue weighted by atomic mass is 10.1. The molecule has 0 saturated carbocycles. The molecule has 0 spiro atoms. The number of halogens is 1. The monoisotopic (exact) mass is 292 g/mol. The Kier molecular flexibility index (Phi) is 4.37. The Balaban J connectivity index is 2.29. The van der Waals surface area contributed by atoms with Crippen molar-refractivity contribution < 1.29 is 9.53 Å². The Morgan fingerprint density at radius 3 is 2.95 bits per heavy atom. The molecule has 0 aliphatic carbocycles. The summed E-state index contributed by atoms with van der Waals surface area (Å²) in [6.45, 7) is 2.26. The SMILES string of the molecule is CCOc1cccc(N)c1C(=O)Nc1ccnc(Cl)n1. The smallest absolute Gasteiger partial charge is 0.262 e. The minimum atomic E-state index is -0.415. The Morgan fingerprint density at radius 1 is 1.45 bits per heavy atom. The topological polar surface area (TPSA) is 90.1 Å². The zero-order valence-electron chi connectivity index (χ0n) is 10.8. The normalized spacial score (nSPS) is 10.1. The van der Waals surface area contributed by atoms with Crippen molar-refractivity contribution in [2.75, 3.05) is 17.7 Å². The highest BCUT2D eigenvalue weighted by atomic mass is 35.5. The summed E-state index contributed by atoms with van der Waals surface area (Å²) in [7, 11) is 0. The van der Waals surface area contributed by atoms with Crippen molar-refractivity contribution in [3.8, 4) is 5.75 Å². The van der Waals surface area contributed by atoms with Crippen LogP contribution in [0, 0.1) is 0 Å². The summed E-state index contributed by atoms with van der Waals surface area (Å²) in [6.07, 6.45) is 1.45.